The summed E-state index contributed by atoms with van der Waals surface area (Å²) in [5.41, 5.74) is 6.87. The van der Waals surface area contributed by atoms with Crippen molar-refractivity contribution >= 4 is 35.0 Å². The average molecular weight is 345 g/mol. The second-order valence-corrected chi connectivity index (χ2v) is 6.71. The van der Waals surface area contributed by atoms with Crippen molar-refractivity contribution in [3.63, 3.8) is 0 Å². The second kappa shape index (κ2) is 8.03. The van der Waals surface area contributed by atoms with E-state index in [1.807, 2.05) is 23.0 Å². The van der Waals surface area contributed by atoms with Crippen molar-refractivity contribution in [3.05, 3.63) is 40.1 Å². The molecule has 2 aromatic rings. The Morgan fingerprint density at radius 1 is 1.38 bits per heavy atom. The van der Waals surface area contributed by atoms with Gasteiger partial charge in [-0.25, -0.2) is 0 Å². The van der Waals surface area contributed by atoms with Crippen molar-refractivity contribution in [2.45, 2.75) is 37.2 Å². The minimum absolute atomic E-state index is 0.0289. The maximum atomic E-state index is 6.13. The molecule has 0 aliphatic heterocycles. The van der Waals surface area contributed by atoms with Crippen LogP contribution in [-0.4, -0.2) is 20.7 Å². The third-order valence-corrected chi connectivity index (χ3v) is 4.72. The molecule has 2 N–H and O–H groups in total. The number of aryl methyl sites for hydroxylation is 1. The quantitative estimate of drug-likeness (QED) is 0.765. The number of rotatable bonds is 7. The smallest absolute Gasteiger partial charge is 0.0994 e. The van der Waals surface area contributed by atoms with Crippen LogP contribution in [0.3, 0.4) is 0 Å². The average Bonchev–Trinajstić information content (AvgIpc) is 2.92. The summed E-state index contributed by atoms with van der Waals surface area (Å²) >= 11 is 13.7. The van der Waals surface area contributed by atoms with Crippen LogP contribution in [0.25, 0.3) is 0 Å². The first-order valence-electron chi connectivity index (χ1n) is 6.83. The Kier molecular flexibility index (Phi) is 6.36. The topological polar surface area (TPSA) is 56.7 Å². The van der Waals surface area contributed by atoms with Crippen LogP contribution < -0.4 is 5.73 Å². The van der Waals surface area contributed by atoms with Gasteiger partial charge >= 0.3 is 0 Å². The number of hydrogen-bond acceptors (Lipinski definition) is 4. The molecule has 0 fully saturated rings. The van der Waals surface area contributed by atoms with Gasteiger partial charge in [0.25, 0.3) is 0 Å². The summed E-state index contributed by atoms with van der Waals surface area (Å²) in [4.78, 5) is 0.979. The van der Waals surface area contributed by atoms with Crippen molar-refractivity contribution in [1.82, 2.24) is 15.0 Å². The molecule has 1 aromatic heterocycles. The Morgan fingerprint density at radius 3 is 2.95 bits per heavy atom. The van der Waals surface area contributed by atoms with Gasteiger partial charge in [-0.1, -0.05) is 41.8 Å². The van der Waals surface area contributed by atoms with Gasteiger partial charge in [-0.15, -0.1) is 16.9 Å². The lowest BCUT2D eigenvalue weighted by molar-refractivity contribution is 0.615. The number of hydrogen-bond donors (Lipinski definition) is 1. The van der Waals surface area contributed by atoms with Crippen molar-refractivity contribution in [3.8, 4) is 0 Å². The Bertz CT molecular complexity index is 588. The molecular weight excluding hydrogens is 327 g/mol. The van der Waals surface area contributed by atoms with E-state index in [9.17, 15) is 0 Å². The van der Waals surface area contributed by atoms with Crippen LogP contribution in [0.15, 0.2) is 29.3 Å². The van der Waals surface area contributed by atoms with Gasteiger partial charge in [-0.3, -0.25) is 4.68 Å². The summed E-state index contributed by atoms with van der Waals surface area (Å²) in [6.07, 6.45) is 3.88. The zero-order valence-corrected chi connectivity index (χ0v) is 14.1. The number of benzene rings is 1. The summed E-state index contributed by atoms with van der Waals surface area (Å²) in [6.45, 7) is 2.86. The van der Waals surface area contributed by atoms with E-state index in [2.05, 4.69) is 17.2 Å². The maximum absolute atomic E-state index is 6.13. The predicted octanol–water partition coefficient (Wildman–Crippen LogP) is 4.18. The summed E-state index contributed by atoms with van der Waals surface area (Å²) in [5.74, 6) is 0.839. The second-order valence-electron chi connectivity index (χ2n) is 4.72. The van der Waals surface area contributed by atoms with Crippen LogP contribution in [0, 0.1) is 0 Å². The molecule has 114 valence electrons. The molecule has 1 aromatic carbocycles. The molecule has 0 saturated heterocycles. The molecule has 0 spiro atoms. The Balaban J connectivity index is 1.87. The molecule has 4 nitrogen and oxygen atoms in total. The van der Waals surface area contributed by atoms with Crippen LogP contribution >= 0.6 is 35.0 Å². The van der Waals surface area contributed by atoms with Crippen molar-refractivity contribution in [2.75, 3.05) is 5.75 Å². The van der Waals surface area contributed by atoms with Gasteiger partial charge in [-0.05, 0) is 24.6 Å². The highest BCUT2D eigenvalue weighted by Crippen LogP contribution is 2.29. The molecule has 21 heavy (non-hydrogen) atoms. The van der Waals surface area contributed by atoms with E-state index in [0.29, 0.717) is 10.0 Å². The highest BCUT2D eigenvalue weighted by atomic mass is 35.5. The normalized spacial score (nSPS) is 12.6. The van der Waals surface area contributed by atoms with Crippen LogP contribution in [0.4, 0.5) is 0 Å². The fourth-order valence-electron chi connectivity index (χ4n) is 1.89. The summed E-state index contributed by atoms with van der Waals surface area (Å²) in [5, 5.41) is 9.64. The highest BCUT2D eigenvalue weighted by molar-refractivity contribution is 7.99. The van der Waals surface area contributed by atoms with Crippen LogP contribution in [0.2, 0.25) is 10.0 Å². The van der Waals surface area contributed by atoms with Gasteiger partial charge in [-0.2, -0.15) is 0 Å². The lowest BCUT2D eigenvalue weighted by Crippen LogP contribution is -2.10. The SMILES string of the molecule is CCCC(N)c1cn(CCSc2cc(Cl)ccc2Cl)nn1. The number of nitrogens with two attached hydrogens (primary N) is 1. The first-order valence-corrected chi connectivity index (χ1v) is 8.57. The van der Waals surface area contributed by atoms with Gasteiger partial charge in [0.15, 0.2) is 0 Å². The molecule has 1 unspecified atom stereocenters. The van der Waals surface area contributed by atoms with Crippen LogP contribution in [0.5, 0.6) is 0 Å². The highest BCUT2D eigenvalue weighted by Gasteiger charge is 2.09. The Labute approximate surface area is 139 Å². The van der Waals surface area contributed by atoms with Crippen LogP contribution in [-0.2, 0) is 6.54 Å². The van der Waals surface area contributed by atoms with Gasteiger partial charge in [0.1, 0.15) is 0 Å². The molecule has 0 aliphatic carbocycles. The molecule has 0 aliphatic rings. The lowest BCUT2D eigenvalue weighted by Gasteiger charge is -2.05. The number of nitrogens with zero attached hydrogens (tertiary/aromatic N) is 3. The molecule has 2 rings (SSSR count). The minimum Gasteiger partial charge on any atom is -0.323 e. The summed E-state index contributed by atoms with van der Waals surface area (Å²) in [6, 6.07) is 5.44. The van der Waals surface area contributed by atoms with Gasteiger partial charge in [0.2, 0.25) is 0 Å². The van der Waals surface area contributed by atoms with Crippen molar-refractivity contribution < 1.29 is 0 Å². The van der Waals surface area contributed by atoms with E-state index >= 15 is 0 Å². The zero-order chi connectivity index (χ0) is 15.2. The zero-order valence-electron chi connectivity index (χ0n) is 11.8. The largest absolute Gasteiger partial charge is 0.323 e. The number of thioether (sulfide) groups is 1. The molecule has 7 heteroatoms. The first-order chi connectivity index (χ1) is 10.1. The van der Waals surface area contributed by atoms with Gasteiger partial charge in [0.05, 0.1) is 29.5 Å². The monoisotopic (exact) mass is 344 g/mol. The number of aromatic nitrogens is 3. The van der Waals surface area contributed by atoms with E-state index < -0.39 is 0 Å². The van der Waals surface area contributed by atoms with E-state index in [0.717, 1.165) is 35.7 Å². The summed E-state index contributed by atoms with van der Waals surface area (Å²) in [7, 11) is 0. The van der Waals surface area contributed by atoms with Crippen LogP contribution in [0.1, 0.15) is 31.5 Å². The molecule has 0 radical (unpaired) electrons. The predicted molar refractivity (Wildman–Crippen MR) is 89.0 cm³/mol. The van der Waals surface area contributed by atoms with Crippen molar-refractivity contribution in [2.24, 2.45) is 5.73 Å². The molecule has 0 amide bonds. The number of halogens is 2. The standard InChI is InChI=1S/C14H18Cl2N4S/c1-2-3-12(17)13-9-20(19-18-13)6-7-21-14-8-10(15)4-5-11(14)16/h4-5,8-9,12H,2-3,6-7,17H2,1H3. The fourth-order valence-corrected chi connectivity index (χ4v) is 3.32. The van der Waals surface area contributed by atoms with E-state index in [1.165, 1.54) is 0 Å². The van der Waals surface area contributed by atoms with Gasteiger partial charge < -0.3 is 5.73 Å². The molecular formula is C14H18Cl2N4S. The molecule has 1 heterocycles. The van der Waals surface area contributed by atoms with E-state index in [-0.39, 0.29) is 6.04 Å². The Morgan fingerprint density at radius 2 is 2.19 bits per heavy atom. The van der Waals surface area contributed by atoms with Crippen molar-refractivity contribution in [1.29, 1.82) is 0 Å². The lowest BCUT2D eigenvalue weighted by atomic mass is 10.1. The summed E-state index contributed by atoms with van der Waals surface area (Å²) < 4.78 is 1.82. The molecule has 0 bridgehead atoms. The third-order valence-electron chi connectivity index (χ3n) is 3.01. The minimum atomic E-state index is -0.0289. The fraction of sp³-hybridized carbons (Fsp3) is 0.429. The van der Waals surface area contributed by atoms with Gasteiger partial charge in [0, 0.05) is 15.7 Å². The molecule has 1 atom stereocenters. The molecule has 0 saturated carbocycles. The maximum Gasteiger partial charge on any atom is 0.0994 e. The van der Waals surface area contributed by atoms with E-state index in [4.69, 9.17) is 28.9 Å². The first kappa shape index (κ1) is 16.6. The Hall–Kier alpha value is -0.750. The third kappa shape index (κ3) is 4.88. The van der Waals surface area contributed by atoms with E-state index in [1.54, 1.807) is 17.8 Å².